The van der Waals surface area contributed by atoms with Crippen molar-refractivity contribution in [1.82, 2.24) is 14.8 Å². The topological polar surface area (TPSA) is 53.5 Å². The van der Waals surface area contributed by atoms with E-state index in [4.69, 9.17) is 11.6 Å². The van der Waals surface area contributed by atoms with Crippen molar-refractivity contribution in [2.75, 3.05) is 27.2 Å². The van der Waals surface area contributed by atoms with Crippen LogP contribution in [0.3, 0.4) is 0 Å². The quantitative estimate of drug-likeness (QED) is 0.773. The molecule has 6 heteroatoms. The van der Waals surface area contributed by atoms with E-state index in [9.17, 15) is 9.59 Å². The Morgan fingerprint density at radius 1 is 1.37 bits per heavy atom. The third-order valence-electron chi connectivity index (χ3n) is 2.58. The molecule has 2 amide bonds. The van der Waals surface area contributed by atoms with Crippen LogP contribution in [0.1, 0.15) is 23.7 Å². The highest BCUT2D eigenvalue weighted by Crippen LogP contribution is 2.10. The highest BCUT2D eigenvalue weighted by molar-refractivity contribution is 6.29. The zero-order chi connectivity index (χ0) is 14.4. The largest absolute Gasteiger partial charge is 0.347 e. The summed E-state index contributed by atoms with van der Waals surface area (Å²) in [6, 6.07) is 3.10. The van der Waals surface area contributed by atoms with Crippen LogP contribution in [0.25, 0.3) is 0 Å². The van der Waals surface area contributed by atoms with Gasteiger partial charge in [0.25, 0.3) is 5.91 Å². The molecule has 0 bridgehead atoms. The molecule has 5 nitrogen and oxygen atoms in total. The predicted molar refractivity (Wildman–Crippen MR) is 74.1 cm³/mol. The summed E-state index contributed by atoms with van der Waals surface area (Å²) in [7, 11) is 3.33. The van der Waals surface area contributed by atoms with Crippen LogP contribution < -0.4 is 0 Å². The molecular formula is C13H18ClN3O2. The molecule has 0 aromatic carbocycles. The van der Waals surface area contributed by atoms with Gasteiger partial charge in [0.2, 0.25) is 5.91 Å². The molecule has 0 unspecified atom stereocenters. The Morgan fingerprint density at radius 2 is 2.05 bits per heavy atom. The van der Waals surface area contributed by atoms with Gasteiger partial charge in [-0.3, -0.25) is 9.59 Å². The van der Waals surface area contributed by atoms with Crippen LogP contribution in [0.2, 0.25) is 5.15 Å². The second-order valence-electron chi connectivity index (χ2n) is 4.38. The first kappa shape index (κ1) is 15.4. The Hall–Kier alpha value is -1.62. The number of pyridine rings is 1. The molecule has 0 saturated heterocycles. The number of nitrogens with zero attached hydrogens (tertiary/aromatic N) is 3. The molecule has 19 heavy (non-hydrogen) atoms. The van der Waals surface area contributed by atoms with Gasteiger partial charge in [-0.15, -0.1) is 0 Å². The van der Waals surface area contributed by atoms with Crippen molar-refractivity contribution in [1.29, 1.82) is 0 Å². The maximum Gasteiger partial charge on any atom is 0.254 e. The molecule has 1 aromatic rings. The third kappa shape index (κ3) is 4.52. The summed E-state index contributed by atoms with van der Waals surface area (Å²) in [5.41, 5.74) is 0.444. The lowest BCUT2D eigenvalue weighted by molar-refractivity contribution is -0.129. The number of carbonyl (C=O) groups is 2. The molecule has 0 fully saturated rings. The van der Waals surface area contributed by atoms with Crippen molar-refractivity contribution in [2.45, 2.75) is 13.3 Å². The van der Waals surface area contributed by atoms with E-state index in [-0.39, 0.29) is 23.5 Å². The van der Waals surface area contributed by atoms with E-state index in [0.29, 0.717) is 12.1 Å². The van der Waals surface area contributed by atoms with E-state index in [1.165, 1.54) is 22.1 Å². The standard InChI is InChI=1S/C13H18ClN3O2/c1-4-7-17(9-12(18)16(2)3)13(19)10-5-6-15-11(14)8-10/h5-6,8H,4,7,9H2,1-3H3. The molecule has 0 aliphatic carbocycles. The summed E-state index contributed by atoms with van der Waals surface area (Å²) in [4.78, 5) is 30.9. The summed E-state index contributed by atoms with van der Waals surface area (Å²) in [6.45, 7) is 2.55. The summed E-state index contributed by atoms with van der Waals surface area (Å²) in [6.07, 6.45) is 2.26. The fourth-order valence-electron chi connectivity index (χ4n) is 1.55. The van der Waals surface area contributed by atoms with Crippen molar-refractivity contribution in [2.24, 2.45) is 0 Å². The molecule has 1 heterocycles. The Labute approximate surface area is 118 Å². The maximum atomic E-state index is 12.3. The van der Waals surface area contributed by atoms with Crippen molar-refractivity contribution in [3.63, 3.8) is 0 Å². The number of rotatable bonds is 5. The average Bonchev–Trinajstić information content (AvgIpc) is 2.37. The zero-order valence-electron chi connectivity index (χ0n) is 11.4. The first-order valence-electron chi connectivity index (χ1n) is 6.06. The lowest BCUT2D eigenvalue weighted by Crippen LogP contribution is -2.40. The molecule has 104 valence electrons. The molecule has 0 spiro atoms. The summed E-state index contributed by atoms with van der Waals surface area (Å²) in [5.74, 6) is -0.316. The molecule has 1 rings (SSSR count). The van der Waals surface area contributed by atoms with Crippen LogP contribution in [0.4, 0.5) is 0 Å². The minimum Gasteiger partial charge on any atom is -0.347 e. The van der Waals surface area contributed by atoms with Gasteiger partial charge in [0, 0.05) is 32.4 Å². The van der Waals surface area contributed by atoms with Gasteiger partial charge in [-0.05, 0) is 18.6 Å². The van der Waals surface area contributed by atoms with Gasteiger partial charge in [-0.1, -0.05) is 18.5 Å². The molecule has 0 saturated carbocycles. The summed E-state index contributed by atoms with van der Waals surface area (Å²) < 4.78 is 0. The first-order chi connectivity index (χ1) is 8.95. The van der Waals surface area contributed by atoms with Crippen molar-refractivity contribution < 1.29 is 9.59 Å². The zero-order valence-corrected chi connectivity index (χ0v) is 12.1. The summed E-state index contributed by atoms with van der Waals surface area (Å²) >= 11 is 5.77. The Kier molecular flexibility index (Phi) is 5.76. The molecular weight excluding hydrogens is 266 g/mol. The number of carbonyl (C=O) groups excluding carboxylic acids is 2. The number of aromatic nitrogens is 1. The smallest absolute Gasteiger partial charge is 0.254 e. The number of amides is 2. The van der Waals surface area contributed by atoms with Gasteiger partial charge in [0.1, 0.15) is 11.7 Å². The lowest BCUT2D eigenvalue weighted by Gasteiger charge is -2.23. The molecule has 0 aliphatic rings. The Morgan fingerprint density at radius 3 is 2.58 bits per heavy atom. The van der Waals surface area contributed by atoms with Gasteiger partial charge in [-0.2, -0.15) is 0 Å². The van der Waals surface area contributed by atoms with E-state index in [2.05, 4.69) is 4.98 Å². The van der Waals surface area contributed by atoms with E-state index in [1.54, 1.807) is 20.2 Å². The van der Waals surface area contributed by atoms with E-state index < -0.39 is 0 Å². The Bertz CT molecular complexity index is 463. The summed E-state index contributed by atoms with van der Waals surface area (Å²) in [5, 5.41) is 0.265. The van der Waals surface area contributed by atoms with Crippen LogP contribution in [-0.4, -0.2) is 53.8 Å². The highest BCUT2D eigenvalue weighted by Gasteiger charge is 2.19. The SMILES string of the molecule is CCCN(CC(=O)N(C)C)C(=O)c1ccnc(Cl)c1. The lowest BCUT2D eigenvalue weighted by atomic mass is 10.2. The van der Waals surface area contributed by atoms with E-state index in [0.717, 1.165) is 6.42 Å². The third-order valence-corrected chi connectivity index (χ3v) is 2.79. The molecule has 0 aliphatic heterocycles. The van der Waals surface area contributed by atoms with Crippen molar-refractivity contribution >= 4 is 23.4 Å². The minimum atomic E-state index is -0.207. The fraction of sp³-hybridized carbons (Fsp3) is 0.462. The molecule has 1 aromatic heterocycles. The number of hydrogen-bond acceptors (Lipinski definition) is 3. The number of likely N-dealkylation sites (N-methyl/N-ethyl adjacent to an activating group) is 1. The van der Waals surface area contributed by atoms with Crippen LogP contribution in [-0.2, 0) is 4.79 Å². The fourth-order valence-corrected chi connectivity index (χ4v) is 1.72. The Balaban J connectivity index is 2.86. The second-order valence-corrected chi connectivity index (χ2v) is 4.77. The molecule has 0 atom stereocenters. The van der Waals surface area contributed by atoms with Crippen LogP contribution >= 0.6 is 11.6 Å². The molecule has 0 N–H and O–H groups in total. The van der Waals surface area contributed by atoms with E-state index >= 15 is 0 Å². The first-order valence-corrected chi connectivity index (χ1v) is 6.44. The number of halogens is 1. The normalized spacial score (nSPS) is 10.1. The van der Waals surface area contributed by atoms with Gasteiger partial charge in [0.05, 0.1) is 0 Å². The second kappa shape index (κ2) is 7.09. The van der Waals surface area contributed by atoms with Gasteiger partial charge in [0.15, 0.2) is 0 Å². The van der Waals surface area contributed by atoms with E-state index in [1.807, 2.05) is 6.92 Å². The van der Waals surface area contributed by atoms with Crippen LogP contribution in [0.15, 0.2) is 18.3 Å². The van der Waals surface area contributed by atoms with Crippen molar-refractivity contribution in [3.8, 4) is 0 Å². The molecule has 0 radical (unpaired) electrons. The minimum absolute atomic E-state index is 0.0691. The highest BCUT2D eigenvalue weighted by atomic mass is 35.5. The van der Waals surface area contributed by atoms with Crippen LogP contribution in [0.5, 0.6) is 0 Å². The number of hydrogen-bond donors (Lipinski definition) is 0. The predicted octanol–water partition coefficient (Wildman–Crippen LogP) is 1.68. The van der Waals surface area contributed by atoms with Gasteiger partial charge in [-0.25, -0.2) is 4.98 Å². The van der Waals surface area contributed by atoms with Gasteiger partial charge < -0.3 is 9.80 Å². The van der Waals surface area contributed by atoms with Crippen molar-refractivity contribution in [3.05, 3.63) is 29.0 Å². The van der Waals surface area contributed by atoms with Gasteiger partial charge >= 0.3 is 0 Å². The van der Waals surface area contributed by atoms with Crippen LogP contribution in [0, 0.1) is 0 Å². The average molecular weight is 284 g/mol. The monoisotopic (exact) mass is 283 g/mol. The maximum absolute atomic E-state index is 12.3.